The number of carbonyl (C=O) groups is 2. The van der Waals surface area contributed by atoms with Gasteiger partial charge in [-0.05, 0) is 17.7 Å². The monoisotopic (exact) mass is 271 g/mol. The number of amides is 1. The van der Waals surface area contributed by atoms with Gasteiger partial charge in [0.2, 0.25) is 6.41 Å². The van der Waals surface area contributed by atoms with Crippen molar-refractivity contribution in [3.05, 3.63) is 59.7 Å². The highest BCUT2D eigenvalue weighted by atomic mass is 32.2. The highest BCUT2D eigenvalue weighted by Gasteiger charge is 2.06. The molecule has 0 heterocycles. The smallest absolute Gasteiger partial charge is 0.207 e. The fourth-order valence-electron chi connectivity index (χ4n) is 1.69. The van der Waals surface area contributed by atoms with Gasteiger partial charge in [0.25, 0.3) is 0 Å². The van der Waals surface area contributed by atoms with Crippen molar-refractivity contribution < 1.29 is 9.59 Å². The Kier molecular flexibility index (Phi) is 4.75. The van der Waals surface area contributed by atoms with Crippen molar-refractivity contribution in [2.45, 2.75) is 16.3 Å². The fourth-order valence-corrected chi connectivity index (χ4v) is 2.73. The molecule has 0 radical (unpaired) electrons. The van der Waals surface area contributed by atoms with Crippen LogP contribution >= 0.6 is 11.8 Å². The van der Waals surface area contributed by atoms with Crippen LogP contribution in [0.3, 0.4) is 0 Å². The molecule has 3 nitrogen and oxygen atoms in total. The van der Waals surface area contributed by atoms with Gasteiger partial charge in [0.1, 0.15) is 0 Å². The number of hydrogen-bond acceptors (Lipinski definition) is 3. The zero-order valence-corrected chi connectivity index (χ0v) is 11.0. The van der Waals surface area contributed by atoms with E-state index in [0.717, 1.165) is 21.6 Å². The molecule has 2 aromatic carbocycles. The fraction of sp³-hybridized carbons (Fsp3) is 0.0667. The standard InChI is InChI=1S/C15H13NO2S/c17-10-13-6-2-4-8-15(13)19-14-7-3-1-5-12(14)9-16-11-18/h1-8,10-11H,9H2,(H,16,18). The number of benzene rings is 2. The summed E-state index contributed by atoms with van der Waals surface area (Å²) < 4.78 is 0. The molecule has 2 rings (SSSR count). The second-order valence-electron chi connectivity index (χ2n) is 3.86. The predicted octanol–water partition coefficient (Wildman–Crippen LogP) is 2.90. The van der Waals surface area contributed by atoms with Gasteiger partial charge in [0.05, 0.1) is 0 Å². The Bertz CT molecular complexity index is 584. The molecule has 0 fully saturated rings. The molecule has 0 aliphatic heterocycles. The molecular weight excluding hydrogens is 258 g/mol. The zero-order chi connectivity index (χ0) is 13.5. The molecule has 96 valence electrons. The van der Waals surface area contributed by atoms with Gasteiger partial charge in [-0.25, -0.2) is 0 Å². The number of aldehydes is 1. The van der Waals surface area contributed by atoms with E-state index in [-0.39, 0.29) is 0 Å². The van der Waals surface area contributed by atoms with Crippen molar-refractivity contribution >= 4 is 24.5 Å². The molecule has 0 saturated carbocycles. The van der Waals surface area contributed by atoms with Crippen molar-refractivity contribution in [2.24, 2.45) is 0 Å². The first kappa shape index (κ1) is 13.4. The Balaban J connectivity index is 2.27. The van der Waals surface area contributed by atoms with Crippen molar-refractivity contribution in [1.29, 1.82) is 0 Å². The van der Waals surface area contributed by atoms with E-state index in [1.165, 1.54) is 11.8 Å². The maximum absolute atomic E-state index is 11.0. The summed E-state index contributed by atoms with van der Waals surface area (Å²) in [7, 11) is 0. The van der Waals surface area contributed by atoms with E-state index in [2.05, 4.69) is 5.32 Å². The maximum atomic E-state index is 11.0. The molecule has 0 aromatic heterocycles. The Morgan fingerprint density at radius 1 is 0.947 bits per heavy atom. The Labute approximate surface area is 116 Å². The van der Waals surface area contributed by atoms with E-state index < -0.39 is 0 Å². The largest absolute Gasteiger partial charge is 0.355 e. The van der Waals surface area contributed by atoms with Crippen molar-refractivity contribution in [1.82, 2.24) is 5.32 Å². The minimum absolute atomic E-state index is 0.482. The molecule has 19 heavy (non-hydrogen) atoms. The third kappa shape index (κ3) is 3.45. The van der Waals surface area contributed by atoms with E-state index in [0.29, 0.717) is 18.5 Å². The number of carbonyl (C=O) groups excluding carboxylic acids is 2. The molecule has 1 N–H and O–H groups in total. The van der Waals surface area contributed by atoms with Crippen LogP contribution in [-0.4, -0.2) is 12.7 Å². The summed E-state index contributed by atoms with van der Waals surface area (Å²) in [6, 6.07) is 15.3. The normalized spacial score (nSPS) is 9.89. The van der Waals surface area contributed by atoms with Crippen molar-refractivity contribution in [3.63, 3.8) is 0 Å². The molecule has 0 atom stereocenters. The molecular formula is C15H13NO2S. The Morgan fingerprint density at radius 2 is 1.63 bits per heavy atom. The summed E-state index contributed by atoms with van der Waals surface area (Å²) in [4.78, 5) is 23.3. The second-order valence-corrected chi connectivity index (χ2v) is 4.95. The summed E-state index contributed by atoms with van der Waals surface area (Å²) >= 11 is 1.53. The lowest BCUT2D eigenvalue weighted by Crippen LogP contribution is -2.10. The van der Waals surface area contributed by atoms with E-state index >= 15 is 0 Å². The summed E-state index contributed by atoms with van der Waals surface area (Å²) in [5.41, 5.74) is 1.70. The van der Waals surface area contributed by atoms with Gasteiger partial charge >= 0.3 is 0 Å². The van der Waals surface area contributed by atoms with Gasteiger partial charge in [-0.2, -0.15) is 0 Å². The summed E-state index contributed by atoms with van der Waals surface area (Å²) in [5.74, 6) is 0. The first-order chi connectivity index (χ1) is 9.35. The summed E-state index contributed by atoms with van der Waals surface area (Å²) in [5, 5.41) is 2.66. The van der Waals surface area contributed by atoms with Crippen LogP contribution in [0.1, 0.15) is 15.9 Å². The van der Waals surface area contributed by atoms with E-state index in [9.17, 15) is 9.59 Å². The number of nitrogens with one attached hydrogen (secondary N) is 1. The first-order valence-corrected chi connectivity index (χ1v) is 6.64. The molecule has 4 heteroatoms. The molecule has 0 aliphatic rings. The highest BCUT2D eigenvalue weighted by molar-refractivity contribution is 7.99. The van der Waals surface area contributed by atoms with Crippen LogP contribution < -0.4 is 5.32 Å². The van der Waals surface area contributed by atoms with Crippen molar-refractivity contribution in [3.8, 4) is 0 Å². The SMILES string of the molecule is O=CNCc1ccccc1Sc1ccccc1C=O. The minimum Gasteiger partial charge on any atom is -0.355 e. The van der Waals surface area contributed by atoms with Gasteiger partial charge < -0.3 is 5.32 Å². The van der Waals surface area contributed by atoms with Crippen LogP contribution in [0.5, 0.6) is 0 Å². The lowest BCUT2D eigenvalue weighted by Gasteiger charge is -2.09. The Hall–Kier alpha value is -2.07. The molecule has 0 aliphatic carbocycles. The van der Waals surface area contributed by atoms with Gasteiger partial charge in [-0.15, -0.1) is 0 Å². The molecule has 0 spiro atoms. The molecule has 2 aromatic rings. The summed E-state index contributed by atoms with van der Waals surface area (Å²) in [6.45, 7) is 0.482. The second kappa shape index (κ2) is 6.75. The lowest BCUT2D eigenvalue weighted by molar-refractivity contribution is -0.109. The van der Waals surface area contributed by atoms with Gasteiger partial charge in [0.15, 0.2) is 6.29 Å². The lowest BCUT2D eigenvalue weighted by atomic mass is 10.2. The van der Waals surface area contributed by atoms with Gasteiger partial charge in [0, 0.05) is 21.9 Å². The maximum Gasteiger partial charge on any atom is 0.207 e. The van der Waals surface area contributed by atoms with Gasteiger partial charge in [-0.3, -0.25) is 9.59 Å². The number of rotatable bonds is 6. The predicted molar refractivity (Wildman–Crippen MR) is 75.3 cm³/mol. The summed E-state index contributed by atoms with van der Waals surface area (Å²) in [6.07, 6.45) is 1.54. The molecule has 0 saturated heterocycles. The minimum atomic E-state index is 0.482. The third-order valence-corrected chi connectivity index (χ3v) is 3.82. The molecule has 1 amide bonds. The van der Waals surface area contributed by atoms with E-state index in [4.69, 9.17) is 0 Å². The van der Waals surface area contributed by atoms with Crippen LogP contribution in [0.2, 0.25) is 0 Å². The van der Waals surface area contributed by atoms with Crippen LogP contribution in [0.25, 0.3) is 0 Å². The topological polar surface area (TPSA) is 46.2 Å². The van der Waals surface area contributed by atoms with Crippen LogP contribution in [0.15, 0.2) is 58.3 Å². The highest BCUT2D eigenvalue weighted by Crippen LogP contribution is 2.32. The van der Waals surface area contributed by atoms with Crippen LogP contribution in [0.4, 0.5) is 0 Å². The molecule has 0 bridgehead atoms. The first-order valence-electron chi connectivity index (χ1n) is 5.82. The average molecular weight is 271 g/mol. The van der Waals surface area contributed by atoms with E-state index in [1.54, 1.807) is 6.07 Å². The third-order valence-electron chi connectivity index (χ3n) is 2.61. The van der Waals surface area contributed by atoms with Gasteiger partial charge in [-0.1, -0.05) is 48.2 Å². The van der Waals surface area contributed by atoms with E-state index in [1.807, 2.05) is 42.5 Å². The Morgan fingerprint density at radius 3 is 2.37 bits per heavy atom. The van der Waals surface area contributed by atoms with Crippen LogP contribution in [0, 0.1) is 0 Å². The zero-order valence-electron chi connectivity index (χ0n) is 10.2. The number of hydrogen-bond donors (Lipinski definition) is 1. The van der Waals surface area contributed by atoms with Crippen LogP contribution in [-0.2, 0) is 11.3 Å². The average Bonchev–Trinajstić information content (AvgIpc) is 2.47. The molecule has 0 unspecified atom stereocenters. The quantitative estimate of drug-likeness (QED) is 0.822. The van der Waals surface area contributed by atoms with Crippen molar-refractivity contribution in [2.75, 3.05) is 0 Å².